The number of nitrogens with one attached hydrogen (secondary N) is 1. The average Bonchev–Trinajstić information content (AvgIpc) is 3.64. The Morgan fingerprint density at radius 3 is 2.68 bits per heavy atom. The lowest BCUT2D eigenvalue weighted by molar-refractivity contribution is -0.131. The molecule has 2 aliphatic carbocycles. The molecule has 2 saturated carbocycles. The normalized spacial score (nSPS) is 29.2. The molecule has 0 radical (unpaired) electrons. The molecule has 1 amide bonds. The molecule has 1 aliphatic heterocycles. The van der Waals surface area contributed by atoms with Crippen LogP contribution in [0.25, 0.3) is 0 Å². The number of hydrogen-bond donors (Lipinski definition) is 2. The highest BCUT2D eigenvalue weighted by molar-refractivity contribution is 5.94. The van der Waals surface area contributed by atoms with Crippen molar-refractivity contribution in [1.29, 1.82) is 0 Å². The molecule has 2 aromatic rings. The van der Waals surface area contributed by atoms with E-state index in [1.54, 1.807) is 6.07 Å². The van der Waals surface area contributed by atoms with Gasteiger partial charge in [-0.25, -0.2) is 0 Å². The van der Waals surface area contributed by atoms with Crippen LogP contribution in [0.2, 0.25) is 0 Å². The zero-order chi connectivity index (χ0) is 23.7. The van der Waals surface area contributed by atoms with Crippen molar-refractivity contribution in [3.63, 3.8) is 0 Å². The molecule has 2 aromatic carbocycles. The van der Waals surface area contributed by atoms with Gasteiger partial charge in [-0.05, 0) is 74.4 Å². The third-order valence-electron chi connectivity index (χ3n) is 7.89. The van der Waals surface area contributed by atoms with E-state index in [2.05, 4.69) is 16.3 Å². The second-order valence-corrected chi connectivity index (χ2v) is 10.4. The van der Waals surface area contributed by atoms with Crippen LogP contribution < -0.4 is 10.1 Å². The minimum atomic E-state index is -0.519. The van der Waals surface area contributed by atoms with Crippen molar-refractivity contribution in [3.05, 3.63) is 65.7 Å². The van der Waals surface area contributed by atoms with Gasteiger partial charge < -0.3 is 20.1 Å². The van der Waals surface area contributed by atoms with Crippen LogP contribution >= 0.6 is 0 Å². The highest BCUT2D eigenvalue weighted by atomic mass is 16.5. The lowest BCUT2D eigenvalue weighted by Gasteiger charge is -2.55. The van der Waals surface area contributed by atoms with Gasteiger partial charge in [0.2, 0.25) is 0 Å². The number of nitrogens with zero attached hydrogens (tertiary/aromatic N) is 1. The van der Waals surface area contributed by atoms with Crippen LogP contribution in [0, 0.1) is 11.8 Å². The summed E-state index contributed by atoms with van der Waals surface area (Å²) < 4.78 is 5.40. The van der Waals surface area contributed by atoms with E-state index in [0.717, 1.165) is 44.0 Å². The van der Waals surface area contributed by atoms with Crippen LogP contribution in [0.15, 0.2) is 54.6 Å². The van der Waals surface area contributed by atoms with Crippen molar-refractivity contribution in [1.82, 2.24) is 10.2 Å². The van der Waals surface area contributed by atoms with Gasteiger partial charge in [0.25, 0.3) is 5.91 Å². The van der Waals surface area contributed by atoms with Crippen LogP contribution in [-0.4, -0.2) is 53.7 Å². The van der Waals surface area contributed by atoms with Crippen LogP contribution in [0.3, 0.4) is 0 Å². The summed E-state index contributed by atoms with van der Waals surface area (Å²) in [5.41, 5.74) is 1.42. The second kappa shape index (κ2) is 9.51. The molecule has 0 bridgehead atoms. The molecule has 6 nitrogen and oxygen atoms in total. The van der Waals surface area contributed by atoms with E-state index in [4.69, 9.17) is 4.74 Å². The topological polar surface area (TPSA) is 78.9 Å². The van der Waals surface area contributed by atoms with Crippen molar-refractivity contribution < 1.29 is 19.4 Å². The van der Waals surface area contributed by atoms with Crippen molar-refractivity contribution in [2.24, 2.45) is 11.8 Å². The number of esters is 1. The largest absolute Gasteiger partial charge is 0.427 e. The van der Waals surface area contributed by atoms with E-state index in [-0.39, 0.29) is 29.3 Å². The minimum absolute atomic E-state index is 0.0671. The van der Waals surface area contributed by atoms with Crippen molar-refractivity contribution in [3.8, 4) is 5.75 Å². The molecule has 1 saturated heterocycles. The summed E-state index contributed by atoms with van der Waals surface area (Å²) in [6.45, 7) is 4.34. The summed E-state index contributed by atoms with van der Waals surface area (Å²) in [7, 11) is 0. The summed E-state index contributed by atoms with van der Waals surface area (Å²) in [6.07, 6.45) is 4.32. The Morgan fingerprint density at radius 1 is 1.15 bits per heavy atom. The predicted molar refractivity (Wildman–Crippen MR) is 130 cm³/mol. The molecule has 0 aromatic heterocycles. The molecule has 3 fully saturated rings. The number of benzene rings is 2. The Hall–Kier alpha value is -2.70. The number of carbonyl (C=O) groups excluding carboxylic acids is 2. The average molecular weight is 463 g/mol. The van der Waals surface area contributed by atoms with Gasteiger partial charge in [-0.15, -0.1) is 0 Å². The Balaban J connectivity index is 1.43. The van der Waals surface area contributed by atoms with Crippen LogP contribution in [-0.2, 0) is 10.2 Å². The van der Waals surface area contributed by atoms with Gasteiger partial charge in [-0.3, -0.25) is 9.59 Å². The van der Waals surface area contributed by atoms with E-state index in [9.17, 15) is 14.7 Å². The molecule has 4 atom stereocenters. The maximum atomic E-state index is 12.9. The Bertz CT molecular complexity index is 1040. The number of amides is 1. The van der Waals surface area contributed by atoms with E-state index < -0.39 is 6.10 Å². The number of hydrogen-bond acceptors (Lipinski definition) is 5. The second-order valence-electron chi connectivity index (χ2n) is 10.4. The molecule has 1 unspecified atom stereocenters. The highest BCUT2D eigenvalue weighted by Gasteiger charge is 2.52. The van der Waals surface area contributed by atoms with E-state index >= 15 is 0 Å². The summed E-state index contributed by atoms with van der Waals surface area (Å²) in [6, 6.07) is 16.9. The third kappa shape index (κ3) is 4.89. The molecule has 34 heavy (non-hydrogen) atoms. The number of carbonyl (C=O) groups is 2. The minimum Gasteiger partial charge on any atom is -0.427 e. The lowest BCUT2D eigenvalue weighted by Crippen LogP contribution is -2.61. The first-order valence-electron chi connectivity index (χ1n) is 12.5. The fraction of sp³-hybridized carbons (Fsp3) is 0.500. The number of aliphatic hydroxyl groups is 1. The summed E-state index contributed by atoms with van der Waals surface area (Å²) in [5.74, 6) is 0.952. The number of rotatable bonds is 6. The van der Waals surface area contributed by atoms with Gasteiger partial charge in [0.1, 0.15) is 5.75 Å². The first kappa shape index (κ1) is 23.1. The molecular weight excluding hydrogens is 428 g/mol. The maximum Gasteiger partial charge on any atom is 0.308 e. The smallest absolute Gasteiger partial charge is 0.308 e. The molecule has 1 heterocycles. The van der Waals surface area contributed by atoms with Crippen molar-refractivity contribution >= 4 is 11.9 Å². The number of aliphatic hydroxyl groups excluding tert-OH is 1. The SMILES string of the molecule is CC(=O)Oc1cccc([C@@]23CCN(CC4CC4)C[C@H]2C(O)C[C@H](NC(=O)c2ccccc2)C3)c1. The predicted octanol–water partition coefficient (Wildman–Crippen LogP) is 3.53. The van der Waals surface area contributed by atoms with Crippen LogP contribution in [0.4, 0.5) is 0 Å². The van der Waals surface area contributed by atoms with E-state index in [1.165, 1.54) is 19.8 Å². The lowest BCUT2D eigenvalue weighted by atomic mass is 9.57. The van der Waals surface area contributed by atoms with E-state index in [1.807, 2.05) is 42.5 Å². The molecule has 0 spiro atoms. The monoisotopic (exact) mass is 462 g/mol. The molecule has 6 heteroatoms. The Kier molecular flexibility index (Phi) is 6.45. The molecule has 5 rings (SSSR count). The Morgan fingerprint density at radius 2 is 1.94 bits per heavy atom. The molecule has 180 valence electrons. The number of likely N-dealkylation sites (tertiary alicyclic amines) is 1. The van der Waals surface area contributed by atoms with Gasteiger partial charge >= 0.3 is 5.97 Å². The summed E-state index contributed by atoms with van der Waals surface area (Å²) in [5, 5.41) is 14.6. The van der Waals surface area contributed by atoms with Gasteiger partial charge in [-0.2, -0.15) is 0 Å². The van der Waals surface area contributed by atoms with Gasteiger partial charge in [-0.1, -0.05) is 30.3 Å². The fourth-order valence-electron chi connectivity index (χ4n) is 6.12. The quantitative estimate of drug-likeness (QED) is 0.507. The number of piperidine rings is 1. The van der Waals surface area contributed by atoms with Gasteiger partial charge in [0, 0.05) is 43.0 Å². The van der Waals surface area contributed by atoms with Crippen LogP contribution in [0.5, 0.6) is 5.75 Å². The third-order valence-corrected chi connectivity index (χ3v) is 7.89. The van der Waals surface area contributed by atoms with E-state index in [0.29, 0.717) is 17.7 Å². The van der Waals surface area contributed by atoms with Crippen molar-refractivity contribution in [2.45, 2.75) is 56.6 Å². The molecule has 2 N–H and O–H groups in total. The van der Waals surface area contributed by atoms with Gasteiger partial charge in [0.15, 0.2) is 0 Å². The first-order chi connectivity index (χ1) is 16.4. The van der Waals surface area contributed by atoms with Gasteiger partial charge in [0.05, 0.1) is 6.10 Å². The maximum absolute atomic E-state index is 12.9. The number of ether oxygens (including phenoxy) is 1. The van der Waals surface area contributed by atoms with Crippen LogP contribution in [0.1, 0.15) is 54.9 Å². The first-order valence-corrected chi connectivity index (χ1v) is 12.5. The zero-order valence-electron chi connectivity index (χ0n) is 19.8. The number of fused-ring (bicyclic) bond motifs is 1. The standard InChI is InChI=1S/C28H34N2O4/c1-19(31)34-24-9-5-8-22(14-24)28-12-13-30(17-20-10-11-20)18-25(28)26(32)15-23(16-28)29-27(33)21-6-3-2-4-7-21/h2-9,14,20,23,25-26,32H,10-13,15-18H2,1H3,(H,29,33)/t23-,25-,26?,28-/m0/s1. The molecular formula is C28H34N2O4. The summed E-state index contributed by atoms with van der Waals surface area (Å²) in [4.78, 5) is 27.0. The summed E-state index contributed by atoms with van der Waals surface area (Å²) >= 11 is 0. The zero-order valence-corrected chi connectivity index (χ0v) is 19.8. The fourth-order valence-corrected chi connectivity index (χ4v) is 6.12. The van der Waals surface area contributed by atoms with Crippen molar-refractivity contribution in [2.75, 3.05) is 19.6 Å². The molecule has 3 aliphatic rings. The highest BCUT2D eigenvalue weighted by Crippen LogP contribution is 2.50. The Labute approximate surface area is 201 Å².